The van der Waals surface area contributed by atoms with Crippen LogP contribution in [0.4, 0.5) is 11.4 Å². The van der Waals surface area contributed by atoms with E-state index in [1.54, 1.807) is 15.9 Å². The lowest BCUT2D eigenvalue weighted by molar-refractivity contribution is -0.384. The minimum Gasteiger partial charge on any atom is -0.493 e. The molecule has 31 heavy (non-hydrogen) atoms. The van der Waals surface area contributed by atoms with Crippen molar-refractivity contribution in [2.75, 3.05) is 31.1 Å². The third-order valence-electron chi connectivity index (χ3n) is 5.89. The van der Waals surface area contributed by atoms with Gasteiger partial charge in [0.1, 0.15) is 5.75 Å². The molecule has 0 spiro atoms. The predicted octanol–water partition coefficient (Wildman–Crippen LogP) is 3.19. The third-order valence-corrected chi connectivity index (χ3v) is 5.89. The standard InChI is InChI=1S/C23H25N3O5/c27-22(11-14-31-20-6-2-1-3-7-20)24-12-4-5-18(16-24)23(28)25-13-10-17-8-9-19(26(29)30)15-21(17)25/h1-3,6-9,15,18H,4-5,10-14,16H2. The number of non-ortho nitro benzene ring substituents is 1. The summed E-state index contributed by atoms with van der Waals surface area (Å²) in [5, 5.41) is 11.1. The average molecular weight is 423 g/mol. The van der Waals surface area contributed by atoms with Crippen molar-refractivity contribution in [1.29, 1.82) is 0 Å². The highest BCUT2D eigenvalue weighted by molar-refractivity contribution is 5.97. The van der Waals surface area contributed by atoms with Crippen LogP contribution in [-0.2, 0) is 16.0 Å². The smallest absolute Gasteiger partial charge is 0.271 e. The van der Waals surface area contributed by atoms with Crippen molar-refractivity contribution in [2.45, 2.75) is 25.7 Å². The van der Waals surface area contributed by atoms with Gasteiger partial charge in [0.05, 0.1) is 29.6 Å². The number of carbonyl (C=O) groups is 2. The van der Waals surface area contributed by atoms with Crippen LogP contribution in [0.2, 0.25) is 0 Å². The van der Waals surface area contributed by atoms with Gasteiger partial charge in [-0.1, -0.05) is 24.3 Å². The Kier molecular flexibility index (Phi) is 6.16. The number of carbonyl (C=O) groups excluding carboxylic acids is 2. The summed E-state index contributed by atoms with van der Waals surface area (Å²) in [6.45, 7) is 1.82. The van der Waals surface area contributed by atoms with E-state index in [4.69, 9.17) is 4.74 Å². The first-order chi connectivity index (χ1) is 15.0. The van der Waals surface area contributed by atoms with E-state index in [1.807, 2.05) is 30.3 Å². The second-order valence-corrected chi connectivity index (χ2v) is 7.90. The number of benzene rings is 2. The summed E-state index contributed by atoms with van der Waals surface area (Å²) in [4.78, 5) is 39.9. The molecule has 0 N–H and O–H groups in total. The van der Waals surface area contributed by atoms with E-state index in [0.717, 1.165) is 17.7 Å². The van der Waals surface area contributed by atoms with Gasteiger partial charge in [0.2, 0.25) is 11.8 Å². The SMILES string of the molecule is O=C(CCOc1ccccc1)N1CCCC(C(=O)N2CCc3ccc([N+](=O)[O-])cc32)C1. The molecule has 162 valence electrons. The summed E-state index contributed by atoms with van der Waals surface area (Å²) in [5.41, 5.74) is 1.55. The molecular weight excluding hydrogens is 398 g/mol. The zero-order valence-electron chi connectivity index (χ0n) is 17.2. The quantitative estimate of drug-likeness (QED) is 0.525. The lowest BCUT2D eigenvalue weighted by Crippen LogP contribution is -2.46. The number of anilines is 1. The minimum atomic E-state index is -0.445. The molecule has 0 saturated carbocycles. The Morgan fingerprint density at radius 1 is 1.13 bits per heavy atom. The number of amides is 2. The topological polar surface area (TPSA) is 93.0 Å². The average Bonchev–Trinajstić information content (AvgIpc) is 3.22. The first-order valence-corrected chi connectivity index (χ1v) is 10.6. The maximum atomic E-state index is 13.2. The van der Waals surface area contributed by atoms with Gasteiger partial charge in [0.25, 0.3) is 5.69 Å². The van der Waals surface area contributed by atoms with Crippen LogP contribution in [0.25, 0.3) is 0 Å². The van der Waals surface area contributed by atoms with E-state index >= 15 is 0 Å². The highest BCUT2D eigenvalue weighted by atomic mass is 16.6. The van der Waals surface area contributed by atoms with Crippen molar-refractivity contribution in [2.24, 2.45) is 5.92 Å². The number of piperidine rings is 1. The molecule has 1 saturated heterocycles. The van der Waals surface area contributed by atoms with Gasteiger partial charge in [-0.05, 0) is 37.0 Å². The number of nitro groups is 1. The fraction of sp³-hybridized carbons (Fsp3) is 0.391. The molecule has 2 amide bonds. The van der Waals surface area contributed by atoms with E-state index in [1.165, 1.54) is 12.1 Å². The lowest BCUT2D eigenvalue weighted by Gasteiger charge is -2.34. The van der Waals surface area contributed by atoms with Crippen LogP contribution in [0.5, 0.6) is 5.75 Å². The van der Waals surface area contributed by atoms with Crippen LogP contribution in [0.3, 0.4) is 0 Å². The van der Waals surface area contributed by atoms with Gasteiger partial charge in [-0.15, -0.1) is 0 Å². The van der Waals surface area contributed by atoms with Crippen molar-refractivity contribution in [3.8, 4) is 5.75 Å². The Hall–Kier alpha value is -3.42. The molecule has 2 heterocycles. The summed E-state index contributed by atoms with van der Waals surface area (Å²) in [5.74, 6) is 0.352. The molecular formula is C23H25N3O5. The van der Waals surface area contributed by atoms with E-state index in [2.05, 4.69) is 0 Å². The Morgan fingerprint density at radius 2 is 1.94 bits per heavy atom. The zero-order chi connectivity index (χ0) is 21.8. The number of rotatable bonds is 6. The number of nitrogens with zero attached hydrogens (tertiary/aromatic N) is 3. The maximum absolute atomic E-state index is 13.2. The first-order valence-electron chi connectivity index (χ1n) is 10.6. The molecule has 8 heteroatoms. The van der Waals surface area contributed by atoms with Gasteiger partial charge in [-0.2, -0.15) is 0 Å². The molecule has 0 aliphatic carbocycles. The Morgan fingerprint density at radius 3 is 2.71 bits per heavy atom. The maximum Gasteiger partial charge on any atom is 0.271 e. The predicted molar refractivity (Wildman–Crippen MR) is 115 cm³/mol. The summed E-state index contributed by atoms with van der Waals surface area (Å²) >= 11 is 0. The van der Waals surface area contributed by atoms with Crippen molar-refractivity contribution < 1.29 is 19.2 Å². The number of hydrogen-bond donors (Lipinski definition) is 0. The fourth-order valence-electron chi connectivity index (χ4n) is 4.27. The van der Waals surface area contributed by atoms with Gasteiger partial charge in [0.15, 0.2) is 0 Å². The highest BCUT2D eigenvalue weighted by Gasteiger charge is 2.34. The molecule has 0 radical (unpaired) electrons. The molecule has 2 aromatic carbocycles. The molecule has 0 aromatic heterocycles. The molecule has 4 rings (SSSR count). The van der Waals surface area contributed by atoms with Crippen LogP contribution in [0, 0.1) is 16.0 Å². The van der Waals surface area contributed by atoms with Crippen molar-refractivity contribution in [3.63, 3.8) is 0 Å². The third kappa shape index (κ3) is 4.68. The van der Waals surface area contributed by atoms with Gasteiger partial charge in [0, 0.05) is 31.8 Å². The first kappa shape index (κ1) is 20.8. The molecule has 0 bridgehead atoms. The van der Waals surface area contributed by atoms with Crippen molar-refractivity contribution in [1.82, 2.24) is 4.90 Å². The lowest BCUT2D eigenvalue weighted by atomic mass is 9.96. The van der Waals surface area contributed by atoms with Crippen LogP contribution < -0.4 is 9.64 Å². The summed E-state index contributed by atoms with van der Waals surface area (Å²) in [6.07, 6.45) is 2.42. The van der Waals surface area contributed by atoms with Gasteiger partial charge in [-0.25, -0.2) is 0 Å². The van der Waals surface area contributed by atoms with E-state index < -0.39 is 4.92 Å². The molecule has 8 nitrogen and oxygen atoms in total. The number of likely N-dealkylation sites (tertiary alicyclic amines) is 1. The Bertz CT molecular complexity index is 978. The van der Waals surface area contributed by atoms with Crippen LogP contribution in [-0.4, -0.2) is 47.9 Å². The molecule has 1 fully saturated rings. The van der Waals surface area contributed by atoms with Crippen LogP contribution in [0.15, 0.2) is 48.5 Å². The zero-order valence-corrected chi connectivity index (χ0v) is 17.2. The number of para-hydroxylation sites is 1. The second kappa shape index (κ2) is 9.16. The number of ether oxygens (including phenoxy) is 1. The van der Waals surface area contributed by atoms with Gasteiger partial charge >= 0.3 is 0 Å². The van der Waals surface area contributed by atoms with Gasteiger partial charge < -0.3 is 14.5 Å². The molecule has 2 aromatic rings. The normalized spacial score (nSPS) is 17.9. The van der Waals surface area contributed by atoms with E-state index in [0.29, 0.717) is 44.8 Å². The number of fused-ring (bicyclic) bond motifs is 1. The molecule has 2 aliphatic heterocycles. The monoisotopic (exact) mass is 423 g/mol. The molecule has 1 atom stereocenters. The number of hydrogen-bond acceptors (Lipinski definition) is 5. The summed E-state index contributed by atoms with van der Waals surface area (Å²) in [6, 6.07) is 14.0. The number of nitro benzene ring substituents is 1. The molecule has 2 aliphatic rings. The summed E-state index contributed by atoms with van der Waals surface area (Å²) < 4.78 is 5.61. The van der Waals surface area contributed by atoms with Crippen molar-refractivity contribution in [3.05, 3.63) is 64.2 Å². The second-order valence-electron chi connectivity index (χ2n) is 7.90. The minimum absolute atomic E-state index is 0.0164. The summed E-state index contributed by atoms with van der Waals surface area (Å²) in [7, 11) is 0. The Balaban J connectivity index is 1.35. The largest absolute Gasteiger partial charge is 0.493 e. The van der Waals surface area contributed by atoms with E-state index in [9.17, 15) is 19.7 Å². The Labute approximate surface area is 180 Å². The van der Waals surface area contributed by atoms with Gasteiger partial charge in [-0.3, -0.25) is 19.7 Å². The highest BCUT2D eigenvalue weighted by Crippen LogP contribution is 2.33. The molecule has 1 unspecified atom stereocenters. The van der Waals surface area contributed by atoms with E-state index in [-0.39, 0.29) is 29.8 Å². The van der Waals surface area contributed by atoms with Crippen LogP contribution in [0.1, 0.15) is 24.8 Å². The van der Waals surface area contributed by atoms with Crippen LogP contribution >= 0.6 is 0 Å². The van der Waals surface area contributed by atoms with Crippen molar-refractivity contribution >= 4 is 23.2 Å². The fourth-order valence-corrected chi connectivity index (χ4v) is 4.27.